The monoisotopic (exact) mass is 404 g/mol. The van der Waals surface area contributed by atoms with Gasteiger partial charge in [-0.2, -0.15) is 4.31 Å². The van der Waals surface area contributed by atoms with Gasteiger partial charge in [-0.3, -0.25) is 13.9 Å². The smallest absolute Gasteiger partial charge is 0.243 e. The summed E-state index contributed by atoms with van der Waals surface area (Å²) in [5.74, 6) is -0.181. The Labute approximate surface area is 161 Å². The molecule has 2 fully saturated rings. The zero-order valence-corrected chi connectivity index (χ0v) is 16.3. The molecule has 1 atom stereocenters. The van der Waals surface area contributed by atoms with Gasteiger partial charge in [0.2, 0.25) is 15.9 Å². The van der Waals surface area contributed by atoms with Crippen LogP contribution in [-0.4, -0.2) is 46.6 Å². The molecule has 2 aromatic rings. The average Bonchev–Trinajstić information content (AvgIpc) is 2.93. The number of benzene rings is 2. The highest BCUT2D eigenvalue weighted by molar-refractivity contribution is 7.89. The van der Waals surface area contributed by atoms with Crippen LogP contribution in [0.4, 0.5) is 5.69 Å². The molecule has 1 amide bonds. The molecular weight excluding hydrogens is 384 g/mol. The first-order valence-electron chi connectivity index (χ1n) is 8.77. The Morgan fingerprint density at radius 2 is 1.44 bits per heavy atom. The maximum absolute atomic E-state index is 12.9. The molecule has 8 heteroatoms. The summed E-state index contributed by atoms with van der Waals surface area (Å²) in [6.45, 7) is 0.471. The maximum Gasteiger partial charge on any atom is 0.243 e. The van der Waals surface area contributed by atoms with Gasteiger partial charge in [-0.15, -0.1) is 0 Å². The minimum absolute atomic E-state index is 0.0136. The number of nitrogens with zero attached hydrogens (tertiary/aromatic N) is 2. The van der Waals surface area contributed by atoms with E-state index in [-0.39, 0.29) is 29.6 Å². The molecule has 2 aliphatic heterocycles. The topological polar surface area (TPSA) is 74.8 Å². The third-order valence-electron chi connectivity index (χ3n) is 5.23. The van der Waals surface area contributed by atoms with Crippen LogP contribution in [-0.2, 0) is 25.6 Å². The van der Waals surface area contributed by atoms with E-state index in [4.69, 9.17) is 0 Å². The van der Waals surface area contributed by atoms with E-state index < -0.39 is 25.7 Å². The van der Waals surface area contributed by atoms with Crippen molar-refractivity contribution in [1.82, 2.24) is 4.31 Å². The molecule has 142 valence electrons. The van der Waals surface area contributed by atoms with Crippen molar-refractivity contribution in [2.75, 3.05) is 23.7 Å². The summed E-state index contributed by atoms with van der Waals surface area (Å²) in [6.07, 6.45) is 0.707. The molecule has 4 rings (SSSR count). The molecule has 2 saturated heterocycles. The molecule has 1 unspecified atom stereocenters. The highest BCUT2D eigenvalue weighted by Gasteiger charge is 2.54. The molecule has 0 radical (unpaired) electrons. The Morgan fingerprint density at radius 3 is 2.04 bits per heavy atom. The van der Waals surface area contributed by atoms with Gasteiger partial charge in [0.25, 0.3) is 0 Å². The zero-order chi connectivity index (χ0) is 19.1. The van der Waals surface area contributed by atoms with E-state index in [0.29, 0.717) is 18.5 Å². The van der Waals surface area contributed by atoms with E-state index >= 15 is 0 Å². The van der Waals surface area contributed by atoms with Crippen molar-refractivity contribution in [2.24, 2.45) is 0 Å². The van der Waals surface area contributed by atoms with E-state index in [1.165, 1.54) is 4.31 Å². The molecule has 6 nitrogen and oxygen atoms in total. The van der Waals surface area contributed by atoms with Crippen LogP contribution >= 0.6 is 0 Å². The lowest BCUT2D eigenvalue weighted by atomic mass is 10.0. The number of piperidine rings is 1. The highest BCUT2D eigenvalue weighted by atomic mass is 32.2. The molecular formula is C19H20N2O4S2. The van der Waals surface area contributed by atoms with Crippen LogP contribution in [0.2, 0.25) is 0 Å². The van der Waals surface area contributed by atoms with Crippen molar-refractivity contribution in [1.29, 1.82) is 0 Å². The molecule has 2 heterocycles. The van der Waals surface area contributed by atoms with Crippen LogP contribution in [0.25, 0.3) is 0 Å². The summed E-state index contributed by atoms with van der Waals surface area (Å²) in [5, 5.41) is 0. The van der Waals surface area contributed by atoms with E-state index in [9.17, 15) is 17.4 Å². The summed E-state index contributed by atoms with van der Waals surface area (Å²) in [4.78, 5) is 13.6. The molecule has 2 aliphatic rings. The first-order valence-corrected chi connectivity index (χ1v) is 11.5. The number of carbonyl (C=O) groups excluding carboxylic acids is 1. The molecule has 0 saturated carbocycles. The maximum atomic E-state index is 12.9. The summed E-state index contributed by atoms with van der Waals surface area (Å²) in [5.41, 5.74) is 0.715. The van der Waals surface area contributed by atoms with E-state index in [0.717, 1.165) is 0 Å². The Kier molecular flexibility index (Phi) is 4.65. The number of rotatable bonds is 3. The standard InChI is InChI=1S/C19H20N2O4S2/c22-18-15-26(23)19(21(18)16-7-3-1-4-8-16)11-13-20(14-12-19)27(24,25)17-9-5-2-6-10-17/h1-10H,11-15H2. The van der Waals surface area contributed by atoms with Crippen molar-refractivity contribution in [2.45, 2.75) is 22.6 Å². The highest BCUT2D eigenvalue weighted by Crippen LogP contribution is 2.41. The lowest BCUT2D eigenvalue weighted by molar-refractivity contribution is -0.116. The van der Waals surface area contributed by atoms with E-state index in [1.807, 2.05) is 30.3 Å². The number of sulfonamides is 1. The SMILES string of the molecule is O=C1CS(=O)C2(CCN(S(=O)(=O)c3ccccc3)CC2)N1c1ccccc1. The summed E-state index contributed by atoms with van der Waals surface area (Å²) >= 11 is 0. The van der Waals surface area contributed by atoms with Gasteiger partial charge in [-0.05, 0) is 37.1 Å². The predicted octanol–water partition coefficient (Wildman–Crippen LogP) is 1.96. The van der Waals surface area contributed by atoms with Crippen LogP contribution in [0.3, 0.4) is 0 Å². The lowest BCUT2D eigenvalue weighted by Crippen LogP contribution is -2.56. The summed E-state index contributed by atoms with van der Waals surface area (Å²) < 4.78 is 40.0. The van der Waals surface area contributed by atoms with Crippen LogP contribution in [0.15, 0.2) is 65.6 Å². The van der Waals surface area contributed by atoms with Gasteiger partial charge >= 0.3 is 0 Å². The van der Waals surface area contributed by atoms with Gasteiger partial charge in [0.1, 0.15) is 10.6 Å². The summed E-state index contributed by atoms with van der Waals surface area (Å²) in [6, 6.07) is 17.5. The Bertz CT molecular complexity index is 969. The van der Waals surface area contributed by atoms with Gasteiger partial charge in [0.05, 0.1) is 15.7 Å². The van der Waals surface area contributed by atoms with Crippen molar-refractivity contribution in [3.8, 4) is 0 Å². The van der Waals surface area contributed by atoms with Crippen LogP contribution < -0.4 is 4.90 Å². The third kappa shape index (κ3) is 3.01. The fraction of sp³-hybridized carbons (Fsp3) is 0.316. The van der Waals surface area contributed by atoms with Gasteiger partial charge < -0.3 is 0 Å². The Balaban J connectivity index is 1.62. The molecule has 1 spiro atoms. The Hall–Kier alpha value is -2.03. The van der Waals surface area contributed by atoms with Crippen molar-refractivity contribution >= 4 is 32.4 Å². The van der Waals surface area contributed by atoms with Gasteiger partial charge in [-0.25, -0.2) is 8.42 Å². The quantitative estimate of drug-likeness (QED) is 0.784. The van der Waals surface area contributed by atoms with Gasteiger partial charge in [0.15, 0.2) is 0 Å². The van der Waals surface area contributed by atoms with E-state index in [2.05, 4.69) is 0 Å². The fourth-order valence-corrected chi connectivity index (χ4v) is 7.00. The van der Waals surface area contributed by atoms with Crippen molar-refractivity contribution < 1.29 is 17.4 Å². The lowest BCUT2D eigenvalue weighted by Gasteiger charge is -2.42. The second-order valence-electron chi connectivity index (χ2n) is 6.72. The third-order valence-corrected chi connectivity index (χ3v) is 9.09. The molecule has 0 N–H and O–H groups in total. The van der Waals surface area contributed by atoms with E-state index in [1.54, 1.807) is 35.2 Å². The number of hydrogen-bond donors (Lipinski definition) is 0. The first kappa shape index (κ1) is 18.3. The number of hydrogen-bond acceptors (Lipinski definition) is 4. The number of amides is 1. The van der Waals surface area contributed by atoms with Crippen LogP contribution in [0.1, 0.15) is 12.8 Å². The number of carbonyl (C=O) groups is 1. The van der Waals surface area contributed by atoms with Gasteiger partial charge in [0, 0.05) is 18.8 Å². The fourth-order valence-electron chi connectivity index (χ4n) is 3.87. The largest absolute Gasteiger partial charge is 0.294 e. The molecule has 2 aromatic carbocycles. The average molecular weight is 405 g/mol. The molecule has 27 heavy (non-hydrogen) atoms. The second kappa shape index (κ2) is 6.85. The number of para-hydroxylation sites is 1. The Morgan fingerprint density at radius 1 is 0.889 bits per heavy atom. The normalized spacial score (nSPS) is 23.0. The molecule has 0 aromatic heterocycles. The van der Waals surface area contributed by atoms with Crippen LogP contribution in [0.5, 0.6) is 0 Å². The predicted molar refractivity (Wildman–Crippen MR) is 104 cm³/mol. The minimum atomic E-state index is -3.59. The minimum Gasteiger partial charge on any atom is -0.294 e. The van der Waals surface area contributed by atoms with Crippen molar-refractivity contribution in [3.63, 3.8) is 0 Å². The van der Waals surface area contributed by atoms with Crippen molar-refractivity contribution in [3.05, 3.63) is 60.7 Å². The first-order chi connectivity index (χ1) is 12.9. The molecule has 0 bridgehead atoms. The zero-order valence-electron chi connectivity index (χ0n) is 14.7. The summed E-state index contributed by atoms with van der Waals surface area (Å²) in [7, 11) is -4.95. The van der Waals surface area contributed by atoms with Crippen LogP contribution in [0, 0.1) is 0 Å². The van der Waals surface area contributed by atoms with Gasteiger partial charge in [-0.1, -0.05) is 36.4 Å². The second-order valence-corrected chi connectivity index (χ2v) is 10.4. The number of anilines is 1. The molecule has 0 aliphatic carbocycles.